The zero-order chi connectivity index (χ0) is 16.1. The Morgan fingerprint density at radius 1 is 1.18 bits per heavy atom. The Morgan fingerprint density at radius 2 is 1.86 bits per heavy atom. The molecule has 1 atom stereocenters. The maximum absolute atomic E-state index is 12.1. The highest BCUT2D eigenvalue weighted by atomic mass is 35.5. The standard InChI is InChI=1S/C17H19ClN2O2/c1-12(22-16-6-4-5-13(18)11-16)17(21)19-14-7-9-15(10-8-14)20(2)3/h4-12H,1-3H3,(H,19,21)/t12-/m0/s1. The van der Waals surface area contributed by atoms with Gasteiger partial charge in [-0.15, -0.1) is 0 Å². The van der Waals surface area contributed by atoms with Crippen molar-refractivity contribution in [3.63, 3.8) is 0 Å². The molecule has 5 heteroatoms. The summed E-state index contributed by atoms with van der Waals surface area (Å²) in [5.74, 6) is 0.357. The lowest BCUT2D eigenvalue weighted by atomic mass is 10.2. The summed E-state index contributed by atoms with van der Waals surface area (Å²) in [5, 5.41) is 3.40. The summed E-state index contributed by atoms with van der Waals surface area (Å²) >= 11 is 5.89. The van der Waals surface area contributed by atoms with Crippen molar-refractivity contribution in [1.82, 2.24) is 0 Å². The summed E-state index contributed by atoms with van der Waals surface area (Å²) in [6.45, 7) is 1.70. The average Bonchev–Trinajstić information content (AvgIpc) is 2.47. The van der Waals surface area contributed by atoms with Crippen LogP contribution in [0.2, 0.25) is 5.02 Å². The molecule has 22 heavy (non-hydrogen) atoms. The molecule has 1 N–H and O–H groups in total. The number of anilines is 2. The molecule has 0 unspecified atom stereocenters. The molecule has 0 heterocycles. The highest BCUT2D eigenvalue weighted by molar-refractivity contribution is 6.30. The maximum atomic E-state index is 12.1. The predicted octanol–water partition coefficient (Wildman–Crippen LogP) is 3.81. The van der Waals surface area contributed by atoms with Crippen LogP contribution in [-0.2, 0) is 4.79 Å². The van der Waals surface area contributed by atoms with Crippen LogP contribution in [0.1, 0.15) is 6.92 Å². The molecule has 4 nitrogen and oxygen atoms in total. The van der Waals surface area contributed by atoms with Crippen molar-refractivity contribution >= 4 is 28.9 Å². The lowest BCUT2D eigenvalue weighted by molar-refractivity contribution is -0.122. The number of nitrogens with one attached hydrogen (secondary N) is 1. The molecule has 116 valence electrons. The number of ether oxygens (including phenoxy) is 1. The predicted molar refractivity (Wildman–Crippen MR) is 90.9 cm³/mol. The zero-order valence-electron chi connectivity index (χ0n) is 12.8. The van der Waals surface area contributed by atoms with Gasteiger partial charge in [0.25, 0.3) is 5.91 Å². The molecule has 2 aromatic rings. The Balaban J connectivity index is 1.96. The Labute approximate surface area is 135 Å². The van der Waals surface area contributed by atoms with E-state index in [1.165, 1.54) is 0 Å². The van der Waals surface area contributed by atoms with Gasteiger partial charge in [0.1, 0.15) is 5.75 Å². The van der Waals surface area contributed by atoms with Gasteiger partial charge in [-0.05, 0) is 49.4 Å². The monoisotopic (exact) mass is 318 g/mol. The summed E-state index contributed by atoms with van der Waals surface area (Å²) in [7, 11) is 3.93. The minimum absolute atomic E-state index is 0.211. The molecule has 0 aliphatic heterocycles. The van der Waals surface area contributed by atoms with Crippen molar-refractivity contribution in [2.75, 3.05) is 24.3 Å². The molecule has 0 aliphatic rings. The fraction of sp³-hybridized carbons (Fsp3) is 0.235. The number of carbonyl (C=O) groups excluding carboxylic acids is 1. The normalized spacial score (nSPS) is 11.6. The van der Waals surface area contributed by atoms with E-state index in [-0.39, 0.29) is 5.91 Å². The number of nitrogens with zero attached hydrogens (tertiary/aromatic N) is 1. The summed E-state index contributed by atoms with van der Waals surface area (Å²) in [5.41, 5.74) is 1.80. The molecule has 0 radical (unpaired) electrons. The van der Waals surface area contributed by atoms with Gasteiger partial charge in [0.2, 0.25) is 0 Å². The second kappa shape index (κ2) is 7.18. The molecule has 0 aliphatic carbocycles. The van der Waals surface area contributed by atoms with Crippen LogP contribution in [-0.4, -0.2) is 26.1 Å². The van der Waals surface area contributed by atoms with Gasteiger partial charge in [0.05, 0.1) is 0 Å². The van der Waals surface area contributed by atoms with Crippen molar-refractivity contribution < 1.29 is 9.53 Å². The van der Waals surface area contributed by atoms with Crippen molar-refractivity contribution in [3.05, 3.63) is 53.6 Å². The SMILES string of the molecule is C[C@H](Oc1cccc(Cl)c1)C(=O)Nc1ccc(N(C)C)cc1. The zero-order valence-corrected chi connectivity index (χ0v) is 13.6. The van der Waals surface area contributed by atoms with E-state index in [0.29, 0.717) is 10.8 Å². The van der Waals surface area contributed by atoms with Gasteiger partial charge in [-0.2, -0.15) is 0 Å². The number of rotatable bonds is 5. The third-order valence-electron chi connectivity index (χ3n) is 3.13. The number of halogens is 1. The lowest BCUT2D eigenvalue weighted by Crippen LogP contribution is -2.30. The molecule has 1 amide bonds. The Kier molecular flexibility index (Phi) is 5.28. The van der Waals surface area contributed by atoms with E-state index in [9.17, 15) is 4.79 Å². The molecule has 0 aromatic heterocycles. The van der Waals surface area contributed by atoms with Crippen LogP contribution in [0.25, 0.3) is 0 Å². The first-order chi connectivity index (χ1) is 10.5. The largest absolute Gasteiger partial charge is 0.481 e. The first kappa shape index (κ1) is 16.2. The lowest BCUT2D eigenvalue weighted by Gasteiger charge is -2.16. The second-order valence-electron chi connectivity index (χ2n) is 5.15. The second-order valence-corrected chi connectivity index (χ2v) is 5.58. The van der Waals surface area contributed by atoms with Gasteiger partial charge in [0.15, 0.2) is 6.10 Å². The van der Waals surface area contributed by atoms with E-state index < -0.39 is 6.10 Å². The van der Waals surface area contributed by atoms with Crippen LogP contribution in [0.15, 0.2) is 48.5 Å². The van der Waals surface area contributed by atoms with E-state index in [1.54, 1.807) is 31.2 Å². The van der Waals surface area contributed by atoms with Crippen LogP contribution in [0.4, 0.5) is 11.4 Å². The van der Waals surface area contributed by atoms with Crippen LogP contribution in [0.3, 0.4) is 0 Å². The molecule has 0 saturated carbocycles. The summed E-state index contributed by atoms with van der Waals surface area (Å²) in [6, 6.07) is 14.6. The maximum Gasteiger partial charge on any atom is 0.265 e. The molecule has 2 aromatic carbocycles. The van der Waals surface area contributed by atoms with Gasteiger partial charge in [-0.3, -0.25) is 4.79 Å². The van der Waals surface area contributed by atoms with Crippen molar-refractivity contribution in [2.24, 2.45) is 0 Å². The van der Waals surface area contributed by atoms with Crippen LogP contribution in [0.5, 0.6) is 5.75 Å². The van der Waals surface area contributed by atoms with Gasteiger partial charge in [-0.1, -0.05) is 17.7 Å². The molecular weight excluding hydrogens is 300 g/mol. The van der Waals surface area contributed by atoms with Gasteiger partial charge in [-0.25, -0.2) is 0 Å². The third-order valence-corrected chi connectivity index (χ3v) is 3.36. The quantitative estimate of drug-likeness (QED) is 0.911. The van der Waals surface area contributed by atoms with Crippen LogP contribution >= 0.6 is 11.6 Å². The fourth-order valence-corrected chi connectivity index (χ4v) is 2.07. The fourth-order valence-electron chi connectivity index (χ4n) is 1.88. The molecule has 2 rings (SSSR count). The molecular formula is C17H19ClN2O2. The highest BCUT2D eigenvalue weighted by Crippen LogP contribution is 2.19. The van der Waals surface area contributed by atoms with E-state index in [2.05, 4.69) is 5.32 Å². The third kappa shape index (κ3) is 4.40. The summed E-state index contributed by atoms with van der Waals surface area (Å²) in [4.78, 5) is 14.1. The summed E-state index contributed by atoms with van der Waals surface area (Å²) in [6.07, 6.45) is -0.619. The topological polar surface area (TPSA) is 41.6 Å². The van der Waals surface area contributed by atoms with E-state index in [1.807, 2.05) is 43.3 Å². The number of carbonyl (C=O) groups is 1. The van der Waals surface area contributed by atoms with E-state index in [0.717, 1.165) is 11.4 Å². The van der Waals surface area contributed by atoms with E-state index in [4.69, 9.17) is 16.3 Å². The molecule has 0 spiro atoms. The van der Waals surface area contributed by atoms with E-state index >= 15 is 0 Å². The minimum Gasteiger partial charge on any atom is -0.481 e. The van der Waals surface area contributed by atoms with Crippen molar-refractivity contribution in [2.45, 2.75) is 13.0 Å². The Hall–Kier alpha value is -2.20. The van der Waals surface area contributed by atoms with Crippen molar-refractivity contribution in [1.29, 1.82) is 0 Å². The van der Waals surface area contributed by atoms with Crippen LogP contribution in [0, 0.1) is 0 Å². The smallest absolute Gasteiger partial charge is 0.265 e. The Bertz CT molecular complexity index is 641. The number of amides is 1. The number of benzene rings is 2. The highest BCUT2D eigenvalue weighted by Gasteiger charge is 2.15. The molecule has 0 bridgehead atoms. The van der Waals surface area contributed by atoms with Gasteiger partial charge in [0, 0.05) is 30.5 Å². The Morgan fingerprint density at radius 3 is 2.45 bits per heavy atom. The number of hydrogen-bond donors (Lipinski definition) is 1. The molecule has 0 saturated heterocycles. The first-order valence-corrected chi connectivity index (χ1v) is 7.34. The first-order valence-electron chi connectivity index (χ1n) is 6.96. The average molecular weight is 319 g/mol. The molecule has 0 fully saturated rings. The number of hydrogen-bond acceptors (Lipinski definition) is 3. The summed E-state index contributed by atoms with van der Waals surface area (Å²) < 4.78 is 5.59. The van der Waals surface area contributed by atoms with Crippen molar-refractivity contribution in [3.8, 4) is 5.75 Å². The van der Waals surface area contributed by atoms with Gasteiger partial charge >= 0.3 is 0 Å². The van der Waals surface area contributed by atoms with Crippen LogP contribution < -0.4 is 15.0 Å². The van der Waals surface area contributed by atoms with Gasteiger partial charge < -0.3 is 15.0 Å². The minimum atomic E-state index is -0.619.